The van der Waals surface area contributed by atoms with Crippen LogP contribution in [0.3, 0.4) is 0 Å². The first kappa shape index (κ1) is 13.2. The second-order valence-electron chi connectivity index (χ2n) is 3.64. The van der Waals surface area contributed by atoms with E-state index in [1.54, 1.807) is 12.3 Å². The van der Waals surface area contributed by atoms with Crippen molar-refractivity contribution < 1.29 is 4.39 Å². The number of anilines is 1. The minimum atomic E-state index is -0.223. The molecule has 0 saturated carbocycles. The summed E-state index contributed by atoms with van der Waals surface area (Å²) in [6, 6.07) is 6.52. The van der Waals surface area contributed by atoms with Crippen LogP contribution >= 0.6 is 27.5 Å². The highest BCUT2D eigenvalue weighted by Gasteiger charge is 2.03. The fourth-order valence-corrected chi connectivity index (χ4v) is 1.95. The predicted octanol–water partition coefficient (Wildman–Crippen LogP) is 3.69. The smallest absolute Gasteiger partial charge is 0.224 e. The first-order chi connectivity index (χ1) is 8.65. The normalized spacial score (nSPS) is 10.4. The Morgan fingerprint density at radius 1 is 1.39 bits per heavy atom. The van der Waals surface area contributed by atoms with Crippen molar-refractivity contribution in [2.75, 3.05) is 11.9 Å². The van der Waals surface area contributed by atoms with Gasteiger partial charge in [0.05, 0.1) is 4.47 Å². The summed E-state index contributed by atoms with van der Waals surface area (Å²) in [7, 11) is 0. The van der Waals surface area contributed by atoms with E-state index < -0.39 is 0 Å². The van der Waals surface area contributed by atoms with Crippen molar-refractivity contribution in [2.45, 2.75) is 6.42 Å². The van der Waals surface area contributed by atoms with E-state index in [0.717, 1.165) is 10.0 Å². The Labute approximate surface area is 118 Å². The summed E-state index contributed by atoms with van der Waals surface area (Å²) >= 11 is 9.02. The lowest BCUT2D eigenvalue weighted by Crippen LogP contribution is -2.07. The van der Waals surface area contributed by atoms with E-state index in [2.05, 4.69) is 31.2 Å². The summed E-state index contributed by atoms with van der Waals surface area (Å²) in [6.07, 6.45) is 2.28. The van der Waals surface area contributed by atoms with E-state index >= 15 is 0 Å². The Kier molecular flexibility index (Phi) is 4.49. The van der Waals surface area contributed by atoms with Crippen LogP contribution in [0, 0.1) is 5.82 Å². The van der Waals surface area contributed by atoms with E-state index in [9.17, 15) is 4.39 Å². The number of halogens is 3. The number of benzene rings is 1. The largest absolute Gasteiger partial charge is 0.369 e. The summed E-state index contributed by atoms with van der Waals surface area (Å²) in [5.41, 5.74) is 0.929. The minimum Gasteiger partial charge on any atom is -0.369 e. The van der Waals surface area contributed by atoms with Crippen LogP contribution in [0.2, 0.25) is 5.28 Å². The highest BCUT2D eigenvalue weighted by Crippen LogP contribution is 2.19. The van der Waals surface area contributed by atoms with Crippen LogP contribution in [0.1, 0.15) is 5.56 Å². The topological polar surface area (TPSA) is 37.8 Å². The molecule has 0 bridgehead atoms. The van der Waals surface area contributed by atoms with Crippen molar-refractivity contribution in [2.24, 2.45) is 0 Å². The zero-order valence-corrected chi connectivity index (χ0v) is 11.7. The molecule has 1 heterocycles. The zero-order chi connectivity index (χ0) is 13.0. The van der Waals surface area contributed by atoms with Gasteiger partial charge in [0, 0.05) is 12.7 Å². The molecule has 0 saturated heterocycles. The van der Waals surface area contributed by atoms with E-state index in [1.807, 2.05) is 6.07 Å². The molecule has 0 unspecified atom stereocenters. The maximum atomic E-state index is 13.0. The molecule has 0 aliphatic heterocycles. The molecule has 0 aliphatic rings. The molecule has 0 aliphatic carbocycles. The van der Waals surface area contributed by atoms with Crippen LogP contribution in [0.15, 0.2) is 34.9 Å². The number of hydrogen-bond acceptors (Lipinski definition) is 3. The summed E-state index contributed by atoms with van der Waals surface area (Å²) in [5.74, 6) is 0.408. The van der Waals surface area contributed by atoms with Crippen LogP contribution in [0.4, 0.5) is 10.2 Å². The monoisotopic (exact) mass is 329 g/mol. The molecule has 2 aromatic rings. The molecule has 1 N–H and O–H groups in total. The van der Waals surface area contributed by atoms with Gasteiger partial charge in [0.2, 0.25) is 5.28 Å². The first-order valence-electron chi connectivity index (χ1n) is 5.31. The number of hydrogen-bond donors (Lipinski definition) is 1. The fourth-order valence-electron chi connectivity index (χ4n) is 1.49. The maximum absolute atomic E-state index is 13.0. The van der Waals surface area contributed by atoms with E-state index in [0.29, 0.717) is 18.8 Å². The Bertz CT molecular complexity index is 551. The highest BCUT2D eigenvalue weighted by molar-refractivity contribution is 9.10. The van der Waals surface area contributed by atoms with Crippen LogP contribution in [0.5, 0.6) is 0 Å². The summed E-state index contributed by atoms with van der Waals surface area (Å²) in [5, 5.41) is 3.30. The Morgan fingerprint density at radius 3 is 3.00 bits per heavy atom. The fraction of sp³-hybridized carbons (Fsp3) is 0.167. The quantitative estimate of drug-likeness (QED) is 0.869. The summed E-state index contributed by atoms with van der Waals surface area (Å²) in [6.45, 7) is 0.634. The summed E-state index contributed by atoms with van der Waals surface area (Å²) in [4.78, 5) is 7.88. The third-order valence-electron chi connectivity index (χ3n) is 2.31. The SMILES string of the molecule is Fc1cccc(CCNc2nc(Cl)ncc2Br)c1. The molecule has 18 heavy (non-hydrogen) atoms. The van der Waals surface area contributed by atoms with Gasteiger partial charge in [0.1, 0.15) is 11.6 Å². The molecule has 2 rings (SSSR count). The van der Waals surface area contributed by atoms with Crippen LogP contribution in [0.25, 0.3) is 0 Å². The molecular weight excluding hydrogens is 321 g/mol. The summed E-state index contributed by atoms with van der Waals surface area (Å²) < 4.78 is 13.7. The molecule has 0 amide bonds. The van der Waals surface area contributed by atoms with Crippen LogP contribution in [-0.2, 0) is 6.42 Å². The molecule has 6 heteroatoms. The van der Waals surface area contributed by atoms with Crippen LogP contribution < -0.4 is 5.32 Å². The van der Waals surface area contributed by atoms with Gasteiger partial charge in [-0.15, -0.1) is 0 Å². The first-order valence-corrected chi connectivity index (χ1v) is 6.48. The molecule has 1 aromatic carbocycles. The Balaban J connectivity index is 1.94. The Morgan fingerprint density at radius 2 is 2.22 bits per heavy atom. The van der Waals surface area contributed by atoms with Gasteiger partial charge in [-0.1, -0.05) is 12.1 Å². The van der Waals surface area contributed by atoms with Crippen molar-refractivity contribution in [3.05, 3.63) is 51.6 Å². The van der Waals surface area contributed by atoms with Gasteiger partial charge in [0.15, 0.2) is 0 Å². The minimum absolute atomic E-state index is 0.187. The molecule has 3 nitrogen and oxygen atoms in total. The standard InChI is InChI=1S/C12H10BrClFN3/c13-10-7-17-12(14)18-11(10)16-5-4-8-2-1-3-9(15)6-8/h1-3,6-7H,4-5H2,(H,16,17,18). The van der Waals surface area contributed by atoms with E-state index in [4.69, 9.17) is 11.6 Å². The van der Waals surface area contributed by atoms with Gasteiger partial charge in [-0.25, -0.2) is 9.37 Å². The number of nitrogens with one attached hydrogen (secondary N) is 1. The third kappa shape index (κ3) is 3.65. The Hall–Kier alpha value is -1.20. The van der Waals surface area contributed by atoms with Gasteiger partial charge >= 0.3 is 0 Å². The number of nitrogens with zero attached hydrogens (tertiary/aromatic N) is 2. The molecule has 0 radical (unpaired) electrons. The average Bonchev–Trinajstić information content (AvgIpc) is 2.34. The number of aromatic nitrogens is 2. The molecule has 1 aromatic heterocycles. The lowest BCUT2D eigenvalue weighted by Gasteiger charge is -2.07. The van der Waals surface area contributed by atoms with Crippen molar-refractivity contribution in [3.8, 4) is 0 Å². The second-order valence-corrected chi connectivity index (χ2v) is 4.83. The van der Waals surface area contributed by atoms with Crippen molar-refractivity contribution in [1.82, 2.24) is 9.97 Å². The van der Waals surface area contributed by atoms with E-state index in [-0.39, 0.29) is 11.1 Å². The van der Waals surface area contributed by atoms with Crippen molar-refractivity contribution in [3.63, 3.8) is 0 Å². The second kappa shape index (κ2) is 6.11. The molecular formula is C12H10BrClFN3. The average molecular weight is 331 g/mol. The highest BCUT2D eigenvalue weighted by atomic mass is 79.9. The molecule has 0 atom stereocenters. The number of rotatable bonds is 4. The van der Waals surface area contributed by atoms with Crippen molar-refractivity contribution in [1.29, 1.82) is 0 Å². The van der Waals surface area contributed by atoms with Gasteiger partial charge in [-0.2, -0.15) is 4.98 Å². The lowest BCUT2D eigenvalue weighted by atomic mass is 10.1. The predicted molar refractivity (Wildman–Crippen MR) is 73.3 cm³/mol. The van der Waals surface area contributed by atoms with Gasteiger partial charge in [-0.05, 0) is 51.6 Å². The lowest BCUT2D eigenvalue weighted by molar-refractivity contribution is 0.625. The third-order valence-corrected chi connectivity index (χ3v) is 3.07. The van der Waals surface area contributed by atoms with Gasteiger partial charge in [0.25, 0.3) is 0 Å². The maximum Gasteiger partial charge on any atom is 0.224 e. The molecule has 94 valence electrons. The van der Waals surface area contributed by atoms with E-state index in [1.165, 1.54) is 12.1 Å². The van der Waals surface area contributed by atoms with Crippen LogP contribution in [-0.4, -0.2) is 16.5 Å². The zero-order valence-electron chi connectivity index (χ0n) is 9.33. The van der Waals surface area contributed by atoms with Gasteiger partial charge < -0.3 is 5.32 Å². The van der Waals surface area contributed by atoms with Crippen molar-refractivity contribution >= 4 is 33.3 Å². The van der Waals surface area contributed by atoms with Gasteiger partial charge in [-0.3, -0.25) is 0 Å². The molecule has 0 fully saturated rings. The molecule has 0 spiro atoms.